The number of hydrogen-bond donors (Lipinski definition) is 3. The maximum atomic E-state index is 14.6. The van der Waals surface area contributed by atoms with Crippen molar-refractivity contribution in [2.24, 2.45) is 0 Å². The fourth-order valence-electron chi connectivity index (χ4n) is 4.49. The van der Waals surface area contributed by atoms with E-state index in [4.69, 9.17) is 30.1 Å². The average Bonchev–Trinajstić information content (AvgIpc) is 3.20. The molecule has 2 aromatic rings. The number of ketones is 1. The van der Waals surface area contributed by atoms with E-state index in [-0.39, 0.29) is 5.75 Å². The Morgan fingerprint density at radius 3 is 2.53 bits per heavy atom. The molecule has 16 heteroatoms. The second-order valence-electron chi connectivity index (χ2n) is 10.3. The first kappa shape index (κ1) is 32.9. The summed E-state index contributed by atoms with van der Waals surface area (Å²) in [5.74, 6) is -2.50. The molecule has 1 saturated heterocycles. The average molecular weight is 647 g/mol. The second-order valence-corrected chi connectivity index (χ2v) is 12.4. The fourth-order valence-corrected chi connectivity index (χ4v) is 6.21. The van der Waals surface area contributed by atoms with Crippen LogP contribution in [0, 0.1) is 0 Å². The van der Waals surface area contributed by atoms with Crippen molar-refractivity contribution in [3.05, 3.63) is 53.7 Å². The third-order valence-corrected chi connectivity index (χ3v) is 8.62. The number of halogens is 3. The van der Waals surface area contributed by atoms with Crippen LogP contribution in [-0.4, -0.2) is 82.0 Å². The number of hydrogen-bond acceptors (Lipinski definition) is 10. The van der Waals surface area contributed by atoms with Crippen molar-refractivity contribution >= 4 is 47.8 Å². The zero-order valence-electron chi connectivity index (χ0n) is 23.2. The second kappa shape index (κ2) is 12.9. The SMILES string of the molecule is CC(C)OC(=O)[C@H](C)NP(=O)(OC[C@@]1(C(F)F)O[C@@H](N2C=C(Cl)C(=O)CC2=O)[C@@H](O)[C@@H]1O)Oc1cccc2ccccc12. The number of benzene rings is 2. The lowest BCUT2D eigenvalue weighted by molar-refractivity contribution is -0.200. The number of aliphatic hydroxyl groups is 2. The Bertz CT molecular complexity index is 1470. The lowest BCUT2D eigenvalue weighted by Gasteiger charge is -2.34. The minimum Gasteiger partial charge on any atom is -0.462 e. The van der Waals surface area contributed by atoms with Gasteiger partial charge in [-0.05, 0) is 32.2 Å². The first-order valence-corrected chi connectivity index (χ1v) is 15.0. The number of alkyl halides is 2. The Hall–Kier alpha value is -2.97. The molecule has 12 nitrogen and oxygen atoms in total. The highest BCUT2D eigenvalue weighted by molar-refractivity contribution is 7.52. The smallest absolute Gasteiger partial charge is 0.459 e. The number of nitrogens with zero attached hydrogens (tertiary/aromatic N) is 1. The van der Waals surface area contributed by atoms with Crippen LogP contribution in [-0.2, 0) is 32.9 Å². The van der Waals surface area contributed by atoms with Gasteiger partial charge in [-0.1, -0.05) is 48.0 Å². The summed E-state index contributed by atoms with van der Waals surface area (Å²) in [5.41, 5.74) is -3.05. The number of esters is 1. The third kappa shape index (κ3) is 6.91. The van der Waals surface area contributed by atoms with Gasteiger partial charge in [0, 0.05) is 11.6 Å². The zero-order chi connectivity index (χ0) is 31.7. The van der Waals surface area contributed by atoms with Crippen molar-refractivity contribution in [1.29, 1.82) is 0 Å². The van der Waals surface area contributed by atoms with Crippen LogP contribution in [0.4, 0.5) is 8.78 Å². The number of nitrogens with one attached hydrogen (secondary N) is 1. The van der Waals surface area contributed by atoms with E-state index in [1.54, 1.807) is 50.2 Å². The van der Waals surface area contributed by atoms with Crippen molar-refractivity contribution in [1.82, 2.24) is 9.99 Å². The number of Topliss-reactive ketones (excluding diaryl/α,β-unsaturated/α-hetero) is 1. The number of allylic oxidation sites excluding steroid dienone is 1. The zero-order valence-corrected chi connectivity index (χ0v) is 24.8. The molecule has 4 rings (SSSR count). The maximum absolute atomic E-state index is 14.6. The van der Waals surface area contributed by atoms with E-state index < -0.39 is 86.1 Å². The highest BCUT2D eigenvalue weighted by Gasteiger charge is 2.63. The molecule has 0 spiro atoms. The molecular weight excluding hydrogens is 617 g/mol. The van der Waals surface area contributed by atoms with E-state index in [1.165, 1.54) is 13.0 Å². The molecule has 0 saturated carbocycles. The first-order chi connectivity index (χ1) is 20.2. The highest BCUT2D eigenvalue weighted by Crippen LogP contribution is 2.49. The van der Waals surface area contributed by atoms with Crippen LogP contribution >= 0.6 is 19.3 Å². The number of rotatable bonds is 11. The summed E-state index contributed by atoms with van der Waals surface area (Å²) in [4.78, 5) is 37.3. The van der Waals surface area contributed by atoms with Crippen LogP contribution in [0.5, 0.6) is 5.75 Å². The summed E-state index contributed by atoms with van der Waals surface area (Å²) in [6.07, 6.45) is -10.4. The largest absolute Gasteiger partial charge is 0.462 e. The predicted octanol–water partition coefficient (Wildman–Crippen LogP) is 3.24. The maximum Gasteiger partial charge on any atom is 0.459 e. The Kier molecular flexibility index (Phi) is 9.92. The van der Waals surface area contributed by atoms with E-state index >= 15 is 0 Å². The van der Waals surface area contributed by atoms with Crippen molar-refractivity contribution < 1.29 is 56.5 Å². The molecule has 43 heavy (non-hydrogen) atoms. The third-order valence-electron chi connectivity index (χ3n) is 6.70. The summed E-state index contributed by atoms with van der Waals surface area (Å²) in [7, 11) is -4.78. The molecule has 1 unspecified atom stereocenters. The molecule has 2 aliphatic heterocycles. The molecule has 2 aromatic carbocycles. The Morgan fingerprint density at radius 1 is 1.19 bits per heavy atom. The Morgan fingerprint density at radius 2 is 1.86 bits per heavy atom. The van der Waals surface area contributed by atoms with Crippen LogP contribution in [0.2, 0.25) is 0 Å². The van der Waals surface area contributed by atoms with Gasteiger partial charge >= 0.3 is 13.7 Å². The number of carbonyl (C=O) groups excluding carboxylic acids is 3. The van der Waals surface area contributed by atoms with Gasteiger partial charge in [-0.2, -0.15) is 5.09 Å². The lowest BCUT2D eigenvalue weighted by Crippen LogP contribution is -2.53. The van der Waals surface area contributed by atoms with Crippen LogP contribution < -0.4 is 9.61 Å². The molecule has 0 radical (unpaired) electrons. The van der Waals surface area contributed by atoms with Gasteiger partial charge in [0.2, 0.25) is 5.91 Å². The fraction of sp³-hybridized carbons (Fsp3) is 0.444. The summed E-state index contributed by atoms with van der Waals surface area (Å²) in [6, 6.07) is 10.3. The number of fused-ring (bicyclic) bond motifs is 1. The molecule has 234 valence electrons. The molecule has 2 heterocycles. The van der Waals surface area contributed by atoms with Gasteiger partial charge < -0.3 is 24.2 Å². The van der Waals surface area contributed by atoms with E-state index in [2.05, 4.69) is 5.09 Å². The number of aliphatic hydroxyl groups excluding tert-OH is 2. The van der Waals surface area contributed by atoms with Crippen LogP contribution in [0.3, 0.4) is 0 Å². The summed E-state index contributed by atoms with van der Waals surface area (Å²) >= 11 is 5.81. The van der Waals surface area contributed by atoms with Crippen LogP contribution in [0.25, 0.3) is 10.8 Å². The minimum absolute atomic E-state index is 0.0126. The Balaban J connectivity index is 1.66. The van der Waals surface area contributed by atoms with Crippen molar-refractivity contribution in [3.8, 4) is 5.75 Å². The summed E-state index contributed by atoms with van der Waals surface area (Å²) in [5, 5.41) is 24.5. The predicted molar refractivity (Wildman–Crippen MR) is 148 cm³/mol. The Labute approximate surface area is 250 Å². The van der Waals surface area contributed by atoms with Crippen LogP contribution in [0.1, 0.15) is 27.2 Å². The topological polar surface area (TPSA) is 161 Å². The van der Waals surface area contributed by atoms with E-state index in [0.717, 1.165) is 6.20 Å². The van der Waals surface area contributed by atoms with Gasteiger partial charge in [0.05, 0.1) is 19.1 Å². The van der Waals surface area contributed by atoms with E-state index in [9.17, 15) is 37.9 Å². The number of ether oxygens (including phenoxy) is 2. The molecule has 1 fully saturated rings. The molecule has 1 amide bonds. The molecule has 0 bridgehead atoms. The van der Waals surface area contributed by atoms with Gasteiger partial charge in [-0.15, -0.1) is 0 Å². The minimum atomic E-state index is -4.78. The van der Waals surface area contributed by atoms with Gasteiger partial charge in [-0.25, -0.2) is 13.3 Å². The quantitative estimate of drug-likeness (QED) is 0.187. The molecule has 0 aliphatic carbocycles. The van der Waals surface area contributed by atoms with Gasteiger partial charge in [0.1, 0.15) is 29.0 Å². The van der Waals surface area contributed by atoms with E-state index in [1.807, 2.05) is 0 Å². The molecule has 0 aromatic heterocycles. The van der Waals surface area contributed by atoms with Gasteiger partial charge in [0.15, 0.2) is 17.6 Å². The summed E-state index contributed by atoms with van der Waals surface area (Å²) < 4.78 is 65.0. The standard InChI is InChI=1S/C27H30ClF2N2O10P/c1-14(2)40-25(37)15(3)31-43(38,42-20-10-6-8-16-7-4-5-9-17(16)20)39-13-27(26(29)30)23(36)22(35)24(41-27)32-12-18(28)19(33)11-21(32)34/h4-10,12,14-15,22-24,26,35-36H,11,13H2,1-3H3,(H,31,38)/t15-,22-,23-,24+,27+,43?/m0/s1. The number of amides is 1. The van der Waals surface area contributed by atoms with Crippen molar-refractivity contribution in [2.75, 3.05) is 6.61 Å². The molecule has 6 atom stereocenters. The summed E-state index contributed by atoms with van der Waals surface area (Å²) in [6.45, 7) is 3.12. The van der Waals surface area contributed by atoms with Gasteiger partial charge in [0.25, 0.3) is 6.43 Å². The monoisotopic (exact) mass is 646 g/mol. The van der Waals surface area contributed by atoms with Gasteiger partial charge in [-0.3, -0.25) is 23.8 Å². The molecule has 2 aliphatic rings. The molecule has 3 N–H and O–H groups in total. The van der Waals surface area contributed by atoms with Crippen molar-refractivity contribution in [2.45, 2.75) is 69.8 Å². The highest BCUT2D eigenvalue weighted by atomic mass is 35.5. The normalized spacial score (nSPS) is 26.5. The van der Waals surface area contributed by atoms with Crippen molar-refractivity contribution in [3.63, 3.8) is 0 Å². The van der Waals surface area contributed by atoms with E-state index in [0.29, 0.717) is 15.7 Å². The lowest BCUT2D eigenvalue weighted by atomic mass is 9.96. The van der Waals surface area contributed by atoms with Crippen LogP contribution in [0.15, 0.2) is 53.7 Å². The number of carbonyl (C=O) groups is 3. The molecular formula is C27H30ClF2N2O10P. The first-order valence-electron chi connectivity index (χ1n) is 13.1.